The Morgan fingerprint density at radius 2 is 1.74 bits per heavy atom. The van der Waals surface area contributed by atoms with Gasteiger partial charge in [-0.05, 0) is 0 Å². The molecule has 8 nitrogen and oxygen atoms in total. The van der Waals surface area contributed by atoms with Crippen molar-refractivity contribution in [3.05, 3.63) is 12.7 Å². The van der Waals surface area contributed by atoms with E-state index in [4.69, 9.17) is 14.2 Å². The molecule has 0 aliphatic carbocycles. The lowest BCUT2D eigenvalue weighted by Crippen LogP contribution is -2.27. The molecule has 10 heteroatoms. The van der Waals surface area contributed by atoms with Crippen LogP contribution in [0.2, 0.25) is 0 Å². The summed E-state index contributed by atoms with van der Waals surface area (Å²) in [5.41, 5.74) is 0. The first-order chi connectivity index (χ1) is 11.1. The van der Waals surface area contributed by atoms with Crippen molar-refractivity contribution < 1.29 is 38.1 Å². The second kappa shape index (κ2) is 12.2. The quantitative estimate of drug-likeness (QED) is 0.359. The summed E-state index contributed by atoms with van der Waals surface area (Å²) in [5, 5.41) is -0.00657. The Kier molecular flexibility index (Phi) is 10.5. The van der Waals surface area contributed by atoms with E-state index in [1.807, 2.05) is 0 Å². The summed E-state index contributed by atoms with van der Waals surface area (Å²) >= 11 is 2.19. The highest BCUT2D eigenvalue weighted by molar-refractivity contribution is 8.38. The topological polar surface area (TPSA) is 97.4 Å². The summed E-state index contributed by atoms with van der Waals surface area (Å²) in [4.78, 5) is 33.5. The first-order valence-corrected chi connectivity index (χ1v) is 8.56. The van der Waals surface area contributed by atoms with E-state index >= 15 is 0 Å². The van der Waals surface area contributed by atoms with Crippen LogP contribution in [-0.4, -0.2) is 67.4 Å². The lowest BCUT2D eigenvalue weighted by Gasteiger charge is -2.20. The Morgan fingerprint density at radius 1 is 1.09 bits per heavy atom. The monoisotopic (exact) mass is 366 g/mol. The van der Waals surface area contributed by atoms with Crippen molar-refractivity contribution in [2.24, 2.45) is 0 Å². The van der Waals surface area contributed by atoms with Gasteiger partial charge >= 0.3 is 12.1 Å². The number of carbonyl (C=O) groups is 3. The fraction of sp³-hybridized carbons (Fsp3) is 0.615. The summed E-state index contributed by atoms with van der Waals surface area (Å²) in [5.74, 6) is -0.274. The van der Waals surface area contributed by atoms with Crippen molar-refractivity contribution in [2.75, 3.05) is 45.6 Å². The molecule has 0 aromatic heterocycles. The number of rotatable bonds is 8. The van der Waals surface area contributed by atoms with Crippen LogP contribution >= 0.6 is 23.5 Å². The maximum atomic E-state index is 11.6. The van der Waals surface area contributed by atoms with Crippen molar-refractivity contribution in [3.8, 4) is 0 Å². The van der Waals surface area contributed by atoms with E-state index in [1.165, 1.54) is 0 Å². The lowest BCUT2D eigenvalue weighted by molar-refractivity contribution is -0.138. The van der Waals surface area contributed by atoms with Gasteiger partial charge in [0, 0.05) is 11.8 Å². The minimum absolute atomic E-state index is 0.00657. The molecule has 0 saturated carbocycles. The van der Waals surface area contributed by atoms with E-state index in [0.717, 1.165) is 29.6 Å². The van der Waals surface area contributed by atoms with Crippen LogP contribution in [0.5, 0.6) is 0 Å². The average Bonchev–Trinajstić information content (AvgIpc) is 2.56. The second-order valence-electron chi connectivity index (χ2n) is 4.02. The molecule has 1 fully saturated rings. The Bertz CT molecular complexity index is 409. The fourth-order valence-electron chi connectivity index (χ4n) is 1.32. The van der Waals surface area contributed by atoms with Crippen LogP contribution in [0.25, 0.3) is 0 Å². The Morgan fingerprint density at radius 3 is 2.43 bits per heavy atom. The summed E-state index contributed by atoms with van der Waals surface area (Å²) in [6.07, 6.45) is 0.130. The SMILES string of the molecule is C=CC(=O)OCCOC(=O)OCCSC(=O)SC1COCOC1. The highest BCUT2D eigenvalue weighted by atomic mass is 32.2. The molecule has 0 bridgehead atoms. The van der Waals surface area contributed by atoms with Crippen molar-refractivity contribution in [3.63, 3.8) is 0 Å². The number of carbonyl (C=O) groups excluding carboxylic acids is 3. The van der Waals surface area contributed by atoms with Gasteiger partial charge in [-0.15, -0.1) is 0 Å². The summed E-state index contributed by atoms with van der Waals surface area (Å²) in [7, 11) is 0. The first-order valence-electron chi connectivity index (χ1n) is 6.69. The molecule has 1 aliphatic heterocycles. The van der Waals surface area contributed by atoms with Crippen molar-refractivity contribution in [2.45, 2.75) is 5.25 Å². The van der Waals surface area contributed by atoms with E-state index in [2.05, 4.69) is 16.1 Å². The molecule has 23 heavy (non-hydrogen) atoms. The van der Waals surface area contributed by atoms with Gasteiger partial charge in [0.25, 0.3) is 0 Å². The van der Waals surface area contributed by atoms with Crippen LogP contribution in [0.4, 0.5) is 9.59 Å². The van der Waals surface area contributed by atoms with Crippen LogP contribution in [0.15, 0.2) is 12.7 Å². The normalized spacial score (nSPS) is 14.8. The van der Waals surface area contributed by atoms with Gasteiger partial charge in [-0.3, -0.25) is 4.79 Å². The largest absolute Gasteiger partial charge is 0.508 e. The number of hydrogen-bond acceptors (Lipinski definition) is 10. The number of hydrogen-bond donors (Lipinski definition) is 0. The molecule has 130 valence electrons. The molecule has 0 aromatic rings. The molecule has 0 spiro atoms. The Balaban J connectivity index is 1.96. The van der Waals surface area contributed by atoms with Crippen molar-refractivity contribution in [1.29, 1.82) is 0 Å². The van der Waals surface area contributed by atoms with Crippen molar-refractivity contribution in [1.82, 2.24) is 0 Å². The zero-order valence-electron chi connectivity index (χ0n) is 12.4. The van der Waals surface area contributed by atoms with Gasteiger partial charge in [0.05, 0.1) is 18.5 Å². The van der Waals surface area contributed by atoms with Gasteiger partial charge in [-0.2, -0.15) is 0 Å². The van der Waals surface area contributed by atoms with E-state index < -0.39 is 12.1 Å². The molecule has 0 atom stereocenters. The summed E-state index contributed by atoms with van der Waals surface area (Å²) in [6, 6.07) is 0. The molecular weight excluding hydrogens is 348 g/mol. The van der Waals surface area contributed by atoms with E-state index in [0.29, 0.717) is 19.0 Å². The minimum atomic E-state index is -0.880. The molecule has 0 amide bonds. The maximum Gasteiger partial charge on any atom is 0.508 e. The number of esters is 1. The minimum Gasteiger partial charge on any atom is -0.459 e. The Labute approximate surface area is 142 Å². The third-order valence-electron chi connectivity index (χ3n) is 2.27. The van der Waals surface area contributed by atoms with Gasteiger partial charge in [-0.25, -0.2) is 9.59 Å². The first kappa shape index (κ1) is 19.8. The van der Waals surface area contributed by atoms with Gasteiger partial charge in [0.15, 0.2) is 0 Å². The Hall–Kier alpha value is -1.23. The molecule has 1 saturated heterocycles. The van der Waals surface area contributed by atoms with E-state index in [9.17, 15) is 14.4 Å². The molecule has 1 heterocycles. The van der Waals surface area contributed by atoms with Crippen LogP contribution in [0.1, 0.15) is 0 Å². The predicted octanol–water partition coefficient (Wildman–Crippen LogP) is 1.83. The number of thioether (sulfide) groups is 2. The van der Waals surface area contributed by atoms with E-state index in [-0.39, 0.29) is 36.3 Å². The van der Waals surface area contributed by atoms with Gasteiger partial charge < -0.3 is 23.7 Å². The molecule has 0 N–H and O–H groups in total. The third kappa shape index (κ3) is 10.2. The second-order valence-corrected chi connectivity index (χ2v) is 6.62. The highest BCUT2D eigenvalue weighted by Crippen LogP contribution is 2.23. The molecular formula is C13H18O8S2. The van der Waals surface area contributed by atoms with Gasteiger partial charge in [0.2, 0.25) is 4.45 Å². The zero-order valence-corrected chi connectivity index (χ0v) is 14.0. The summed E-state index contributed by atoms with van der Waals surface area (Å²) in [6.45, 7) is 4.31. The van der Waals surface area contributed by atoms with Crippen LogP contribution < -0.4 is 0 Å². The third-order valence-corrected chi connectivity index (χ3v) is 4.32. The summed E-state index contributed by atoms with van der Waals surface area (Å²) < 4.78 is 24.1. The standard InChI is InChI=1S/C13H18O8S2/c1-2-11(14)19-3-4-20-12(15)21-5-6-22-13(16)23-10-7-17-9-18-8-10/h2,10H,1,3-9H2. The van der Waals surface area contributed by atoms with Crippen LogP contribution in [-0.2, 0) is 28.5 Å². The van der Waals surface area contributed by atoms with Gasteiger partial charge in [0.1, 0.15) is 26.6 Å². The maximum absolute atomic E-state index is 11.6. The zero-order chi connectivity index (χ0) is 16.9. The predicted molar refractivity (Wildman–Crippen MR) is 84.5 cm³/mol. The molecule has 1 aliphatic rings. The highest BCUT2D eigenvalue weighted by Gasteiger charge is 2.19. The lowest BCUT2D eigenvalue weighted by atomic mass is 10.5. The molecule has 0 radical (unpaired) electrons. The molecule has 0 unspecified atom stereocenters. The molecule has 0 aromatic carbocycles. The van der Waals surface area contributed by atoms with Gasteiger partial charge in [-0.1, -0.05) is 30.1 Å². The van der Waals surface area contributed by atoms with Crippen LogP contribution in [0.3, 0.4) is 0 Å². The average molecular weight is 366 g/mol. The smallest absolute Gasteiger partial charge is 0.459 e. The van der Waals surface area contributed by atoms with E-state index in [1.54, 1.807) is 0 Å². The van der Waals surface area contributed by atoms with Crippen LogP contribution in [0, 0.1) is 0 Å². The van der Waals surface area contributed by atoms with Crippen molar-refractivity contribution >= 4 is 40.1 Å². The number of ether oxygens (including phenoxy) is 5. The fourth-order valence-corrected chi connectivity index (χ4v) is 3.19. The molecule has 1 rings (SSSR count).